The maximum Gasteiger partial charge on any atom is 0.237 e. The Morgan fingerprint density at radius 3 is 2.05 bits per heavy atom. The Hall–Kier alpha value is -2.24. The van der Waals surface area contributed by atoms with E-state index in [0.717, 1.165) is 0 Å². The molecule has 0 bridgehead atoms. The molecule has 0 amide bonds. The maximum absolute atomic E-state index is 11.5. The smallest absolute Gasteiger partial charge is 0.237 e. The molecule has 0 aliphatic rings. The summed E-state index contributed by atoms with van der Waals surface area (Å²) in [6.45, 7) is 11.3. The van der Waals surface area contributed by atoms with Crippen LogP contribution < -0.4 is 0 Å². The first-order valence-corrected chi connectivity index (χ1v) is 7.10. The normalized spacial score (nSPS) is 11.5. The third-order valence-corrected chi connectivity index (χ3v) is 2.77. The Labute approximate surface area is 131 Å². The van der Waals surface area contributed by atoms with Crippen molar-refractivity contribution in [1.82, 2.24) is 19.5 Å². The Morgan fingerprint density at radius 1 is 1.05 bits per heavy atom. The number of nitrogens with zero attached hydrogens (tertiary/aromatic N) is 3. The van der Waals surface area contributed by atoms with Gasteiger partial charge in [-0.05, 0) is 0 Å². The van der Waals surface area contributed by atoms with Gasteiger partial charge in [-0.2, -0.15) is 0 Å². The summed E-state index contributed by atoms with van der Waals surface area (Å²) in [6, 6.07) is 0. The third kappa shape index (κ3) is 4.95. The monoisotopic (exact) mass is 304 g/mol. The van der Waals surface area contributed by atoms with Crippen LogP contribution in [0.25, 0.3) is 0 Å². The average molecular weight is 304 g/mol. The molecule has 6 heteroatoms. The summed E-state index contributed by atoms with van der Waals surface area (Å²) in [5, 5.41) is 0. The van der Waals surface area contributed by atoms with Crippen molar-refractivity contribution in [3.63, 3.8) is 0 Å². The number of carbonyl (C=O) groups is 2. The second-order valence-corrected chi connectivity index (χ2v) is 7.04. The number of aromatic amines is 1. The molecule has 0 fully saturated rings. The standard InChI is InChI=1S/2C8H12N2O/c1-8(2,3)7(11)10-5-4-9-6-10;1-8(2,3)6(11)7-9-4-5-10-7/h4-6H,1-3H3;4-5H,1-3H3,(H,9,10). The number of carbonyl (C=O) groups excluding carboxylic acids is 2. The number of hydrogen-bond donors (Lipinski definition) is 1. The van der Waals surface area contributed by atoms with E-state index >= 15 is 0 Å². The van der Waals surface area contributed by atoms with Gasteiger partial charge in [0.05, 0.1) is 0 Å². The first-order chi connectivity index (χ1) is 10.0. The summed E-state index contributed by atoms with van der Waals surface area (Å²) >= 11 is 0. The van der Waals surface area contributed by atoms with E-state index in [1.807, 2.05) is 41.5 Å². The SMILES string of the molecule is CC(C)(C)C(=O)c1ncc[nH]1.CC(C)(C)C(=O)n1ccnc1. The number of imidazole rings is 2. The van der Waals surface area contributed by atoms with E-state index in [-0.39, 0.29) is 22.5 Å². The second-order valence-electron chi connectivity index (χ2n) is 7.04. The Kier molecular flexibility index (Phi) is 5.41. The molecule has 0 radical (unpaired) electrons. The van der Waals surface area contributed by atoms with Crippen molar-refractivity contribution in [2.75, 3.05) is 0 Å². The minimum atomic E-state index is -0.349. The minimum Gasteiger partial charge on any atom is -0.342 e. The summed E-state index contributed by atoms with van der Waals surface area (Å²) in [5.41, 5.74) is -0.682. The molecule has 0 saturated carbocycles. The van der Waals surface area contributed by atoms with Crippen molar-refractivity contribution in [2.45, 2.75) is 41.5 Å². The molecular weight excluding hydrogens is 280 g/mol. The van der Waals surface area contributed by atoms with E-state index in [4.69, 9.17) is 0 Å². The predicted octanol–water partition coefficient (Wildman–Crippen LogP) is 3.21. The van der Waals surface area contributed by atoms with Crippen LogP contribution in [0.1, 0.15) is 57.0 Å². The second kappa shape index (κ2) is 6.68. The van der Waals surface area contributed by atoms with Crippen LogP contribution in [0.4, 0.5) is 0 Å². The zero-order valence-electron chi connectivity index (χ0n) is 14.0. The van der Waals surface area contributed by atoms with Crippen molar-refractivity contribution >= 4 is 11.7 Å². The molecule has 22 heavy (non-hydrogen) atoms. The highest BCUT2D eigenvalue weighted by Crippen LogP contribution is 2.18. The lowest BCUT2D eigenvalue weighted by atomic mass is 9.90. The van der Waals surface area contributed by atoms with E-state index in [1.54, 1.807) is 24.8 Å². The van der Waals surface area contributed by atoms with Crippen molar-refractivity contribution in [2.24, 2.45) is 10.8 Å². The van der Waals surface area contributed by atoms with Gasteiger partial charge < -0.3 is 4.98 Å². The largest absolute Gasteiger partial charge is 0.342 e. The highest BCUT2D eigenvalue weighted by Gasteiger charge is 2.24. The van der Waals surface area contributed by atoms with Gasteiger partial charge in [0.2, 0.25) is 11.7 Å². The van der Waals surface area contributed by atoms with Crippen LogP contribution in [0.3, 0.4) is 0 Å². The van der Waals surface area contributed by atoms with E-state index < -0.39 is 0 Å². The molecule has 2 rings (SSSR count). The molecule has 0 unspecified atom stereocenters. The fourth-order valence-electron chi connectivity index (χ4n) is 1.51. The van der Waals surface area contributed by atoms with Gasteiger partial charge in [0, 0.05) is 35.6 Å². The minimum absolute atomic E-state index is 0.0440. The Bertz CT molecular complexity index is 543. The molecule has 0 atom stereocenters. The van der Waals surface area contributed by atoms with Crippen LogP contribution in [0, 0.1) is 10.8 Å². The van der Waals surface area contributed by atoms with Gasteiger partial charge in [-0.25, -0.2) is 9.97 Å². The molecule has 2 heterocycles. The molecule has 0 aliphatic carbocycles. The fourth-order valence-corrected chi connectivity index (χ4v) is 1.51. The van der Waals surface area contributed by atoms with Gasteiger partial charge >= 0.3 is 0 Å². The zero-order valence-corrected chi connectivity index (χ0v) is 14.0. The van der Waals surface area contributed by atoms with Crippen LogP contribution in [0.15, 0.2) is 31.1 Å². The van der Waals surface area contributed by atoms with Crippen molar-refractivity contribution < 1.29 is 9.59 Å². The first-order valence-electron chi connectivity index (χ1n) is 7.10. The van der Waals surface area contributed by atoms with E-state index in [0.29, 0.717) is 5.82 Å². The highest BCUT2D eigenvalue weighted by molar-refractivity contribution is 5.96. The number of ketones is 1. The topological polar surface area (TPSA) is 80.6 Å². The Balaban J connectivity index is 0.000000220. The third-order valence-electron chi connectivity index (χ3n) is 2.77. The summed E-state index contributed by atoms with van der Waals surface area (Å²) in [7, 11) is 0. The van der Waals surface area contributed by atoms with Gasteiger partial charge in [0.25, 0.3) is 0 Å². The molecule has 120 valence electrons. The van der Waals surface area contributed by atoms with Crippen LogP contribution >= 0.6 is 0 Å². The number of hydrogen-bond acceptors (Lipinski definition) is 4. The molecule has 1 N–H and O–H groups in total. The van der Waals surface area contributed by atoms with Gasteiger partial charge in [0.15, 0.2) is 5.82 Å². The molecule has 0 aliphatic heterocycles. The molecule has 2 aromatic heterocycles. The number of Topliss-reactive ketones (excluding diaryl/α,β-unsaturated/α-hetero) is 1. The predicted molar refractivity (Wildman–Crippen MR) is 84.7 cm³/mol. The lowest BCUT2D eigenvalue weighted by molar-refractivity contribution is 0.0766. The van der Waals surface area contributed by atoms with Crippen LogP contribution in [-0.2, 0) is 0 Å². The molecule has 0 spiro atoms. The van der Waals surface area contributed by atoms with Gasteiger partial charge in [-0.3, -0.25) is 14.2 Å². The van der Waals surface area contributed by atoms with Crippen molar-refractivity contribution in [3.05, 3.63) is 36.9 Å². The van der Waals surface area contributed by atoms with E-state index in [9.17, 15) is 9.59 Å². The van der Waals surface area contributed by atoms with Crippen molar-refractivity contribution in [3.8, 4) is 0 Å². The first kappa shape index (κ1) is 17.8. The average Bonchev–Trinajstić information content (AvgIpc) is 3.08. The van der Waals surface area contributed by atoms with Crippen LogP contribution in [-0.4, -0.2) is 31.2 Å². The lowest BCUT2D eigenvalue weighted by Crippen LogP contribution is -2.25. The van der Waals surface area contributed by atoms with E-state index in [1.165, 1.54) is 10.9 Å². The fraction of sp³-hybridized carbons (Fsp3) is 0.500. The summed E-state index contributed by atoms with van der Waals surface area (Å²) in [6.07, 6.45) is 8.02. The summed E-state index contributed by atoms with van der Waals surface area (Å²) in [5.74, 6) is 0.551. The molecule has 2 aromatic rings. The number of H-pyrrole nitrogens is 1. The highest BCUT2D eigenvalue weighted by atomic mass is 16.2. The number of rotatable bonds is 1. The van der Waals surface area contributed by atoms with Gasteiger partial charge in [-0.1, -0.05) is 41.5 Å². The number of nitrogens with one attached hydrogen (secondary N) is 1. The molecular formula is C16H24N4O2. The van der Waals surface area contributed by atoms with Crippen LogP contribution in [0.2, 0.25) is 0 Å². The van der Waals surface area contributed by atoms with Crippen LogP contribution in [0.5, 0.6) is 0 Å². The quantitative estimate of drug-likeness (QED) is 0.820. The lowest BCUT2D eigenvalue weighted by Gasteiger charge is -2.15. The Morgan fingerprint density at radius 2 is 1.68 bits per heavy atom. The van der Waals surface area contributed by atoms with Gasteiger partial charge in [-0.15, -0.1) is 0 Å². The van der Waals surface area contributed by atoms with E-state index in [2.05, 4.69) is 15.0 Å². The van der Waals surface area contributed by atoms with Gasteiger partial charge in [0.1, 0.15) is 6.33 Å². The molecule has 0 saturated heterocycles. The summed E-state index contributed by atoms with van der Waals surface area (Å²) in [4.78, 5) is 33.3. The molecule has 0 aromatic carbocycles. The summed E-state index contributed by atoms with van der Waals surface area (Å²) < 4.78 is 1.50. The van der Waals surface area contributed by atoms with Crippen molar-refractivity contribution in [1.29, 1.82) is 0 Å². The zero-order chi connectivity index (χ0) is 17.0. The maximum atomic E-state index is 11.5. The number of aromatic nitrogens is 4. The molecule has 6 nitrogen and oxygen atoms in total.